The molecule has 2 heterocycles. The summed E-state index contributed by atoms with van der Waals surface area (Å²) >= 11 is 0. The van der Waals surface area contributed by atoms with Crippen LogP contribution in [-0.2, 0) is 6.54 Å². The van der Waals surface area contributed by atoms with E-state index < -0.39 is 5.97 Å². The van der Waals surface area contributed by atoms with E-state index in [1.54, 1.807) is 6.07 Å². The molecule has 0 fully saturated rings. The first-order valence-electron chi connectivity index (χ1n) is 10.6. The van der Waals surface area contributed by atoms with Crippen molar-refractivity contribution in [3.8, 4) is 17.0 Å². The van der Waals surface area contributed by atoms with Gasteiger partial charge in [-0.15, -0.1) is 0 Å². The maximum Gasteiger partial charge on any atom is 0.335 e. The molecule has 7 heteroatoms. The second-order valence-corrected chi connectivity index (χ2v) is 7.87. The van der Waals surface area contributed by atoms with Crippen molar-refractivity contribution in [2.24, 2.45) is 5.92 Å². The summed E-state index contributed by atoms with van der Waals surface area (Å²) in [5.41, 5.74) is 9.63. The molecule has 2 aromatic heterocycles. The average Bonchev–Trinajstić information content (AvgIpc) is 3.13. The minimum Gasteiger partial charge on any atom is -0.493 e. The molecule has 1 atom stereocenters. The Morgan fingerprint density at radius 2 is 1.91 bits per heavy atom. The van der Waals surface area contributed by atoms with Gasteiger partial charge in [-0.05, 0) is 55.2 Å². The first kappa shape index (κ1) is 21.4. The molecule has 0 aliphatic rings. The van der Waals surface area contributed by atoms with Crippen LogP contribution in [0.4, 0.5) is 5.95 Å². The fraction of sp³-hybridized carbons (Fsp3) is 0.240. The van der Waals surface area contributed by atoms with Gasteiger partial charge in [-0.3, -0.25) is 4.98 Å². The van der Waals surface area contributed by atoms with E-state index in [4.69, 9.17) is 10.5 Å². The Morgan fingerprint density at radius 3 is 2.75 bits per heavy atom. The number of hydrogen-bond acceptors (Lipinski definition) is 5. The number of carbonyl (C=O) groups is 1. The van der Waals surface area contributed by atoms with Gasteiger partial charge in [0, 0.05) is 18.3 Å². The van der Waals surface area contributed by atoms with Crippen LogP contribution < -0.4 is 10.5 Å². The van der Waals surface area contributed by atoms with Gasteiger partial charge >= 0.3 is 5.97 Å². The lowest BCUT2D eigenvalue weighted by Crippen LogP contribution is -2.10. The molecule has 32 heavy (non-hydrogen) atoms. The van der Waals surface area contributed by atoms with E-state index in [0.717, 1.165) is 36.0 Å². The zero-order valence-electron chi connectivity index (χ0n) is 17.9. The van der Waals surface area contributed by atoms with Crippen molar-refractivity contribution in [2.75, 3.05) is 12.3 Å². The highest BCUT2D eigenvalue weighted by Gasteiger charge is 2.12. The van der Waals surface area contributed by atoms with Crippen LogP contribution in [0.3, 0.4) is 0 Å². The summed E-state index contributed by atoms with van der Waals surface area (Å²) in [5, 5.41) is 9.25. The number of ether oxygens (including phenoxy) is 1. The number of para-hydroxylation sites is 3. The highest BCUT2D eigenvalue weighted by Crippen LogP contribution is 2.29. The third kappa shape index (κ3) is 4.72. The van der Waals surface area contributed by atoms with Crippen LogP contribution in [0.25, 0.3) is 22.3 Å². The molecule has 0 aliphatic heterocycles. The van der Waals surface area contributed by atoms with Gasteiger partial charge in [0.15, 0.2) is 0 Å². The Hall–Kier alpha value is -3.87. The van der Waals surface area contributed by atoms with Crippen molar-refractivity contribution in [1.82, 2.24) is 14.5 Å². The molecule has 2 aromatic carbocycles. The van der Waals surface area contributed by atoms with Gasteiger partial charge in [0.05, 0.1) is 28.9 Å². The number of imidazole rings is 1. The van der Waals surface area contributed by atoms with Crippen LogP contribution >= 0.6 is 0 Å². The van der Waals surface area contributed by atoms with E-state index in [1.165, 1.54) is 12.3 Å². The lowest BCUT2D eigenvalue weighted by molar-refractivity contribution is 0.0696. The summed E-state index contributed by atoms with van der Waals surface area (Å²) in [6, 6.07) is 18.6. The number of aromatic carboxylic acids is 1. The fourth-order valence-electron chi connectivity index (χ4n) is 3.71. The molecule has 164 valence electrons. The zero-order chi connectivity index (χ0) is 22.5. The minimum absolute atomic E-state index is 0.199. The molecule has 0 saturated carbocycles. The molecule has 4 rings (SSSR count). The number of carboxylic acids is 1. The molecular weight excluding hydrogens is 404 g/mol. The minimum atomic E-state index is -0.979. The topological polar surface area (TPSA) is 103 Å². The molecule has 4 aromatic rings. The Labute approximate surface area is 186 Å². The first-order chi connectivity index (χ1) is 15.5. The van der Waals surface area contributed by atoms with Crippen molar-refractivity contribution < 1.29 is 14.6 Å². The number of nitrogen functional groups attached to an aromatic ring is 1. The van der Waals surface area contributed by atoms with E-state index in [2.05, 4.69) is 21.5 Å². The van der Waals surface area contributed by atoms with Gasteiger partial charge in [0.2, 0.25) is 5.95 Å². The van der Waals surface area contributed by atoms with Crippen molar-refractivity contribution in [1.29, 1.82) is 0 Å². The predicted molar refractivity (Wildman–Crippen MR) is 125 cm³/mol. The third-order valence-electron chi connectivity index (χ3n) is 5.57. The van der Waals surface area contributed by atoms with Crippen LogP contribution in [0.15, 0.2) is 66.9 Å². The number of benzene rings is 2. The van der Waals surface area contributed by atoms with Gasteiger partial charge in [-0.1, -0.05) is 31.2 Å². The van der Waals surface area contributed by atoms with Crippen LogP contribution in [0.2, 0.25) is 0 Å². The average molecular weight is 431 g/mol. The number of nitrogens with two attached hydrogens (primary N) is 1. The molecule has 0 amide bonds. The number of pyridine rings is 1. The van der Waals surface area contributed by atoms with E-state index in [9.17, 15) is 9.90 Å². The molecule has 3 N–H and O–H groups in total. The molecule has 0 aliphatic carbocycles. The van der Waals surface area contributed by atoms with Crippen LogP contribution in [0.5, 0.6) is 5.75 Å². The van der Waals surface area contributed by atoms with E-state index in [1.807, 2.05) is 48.5 Å². The summed E-state index contributed by atoms with van der Waals surface area (Å²) in [5.74, 6) is 0.683. The molecule has 0 radical (unpaired) electrons. The molecule has 0 spiro atoms. The predicted octanol–water partition coefficient (Wildman–Crippen LogP) is 4.87. The first-order valence-corrected chi connectivity index (χ1v) is 10.6. The van der Waals surface area contributed by atoms with Crippen LogP contribution in [-0.4, -0.2) is 32.2 Å². The number of fused-ring (bicyclic) bond motifs is 1. The normalized spacial score (nSPS) is 12.0. The maximum atomic E-state index is 11.3. The summed E-state index contributed by atoms with van der Waals surface area (Å²) in [6.07, 6.45) is 3.34. The molecule has 7 nitrogen and oxygen atoms in total. The smallest absolute Gasteiger partial charge is 0.335 e. The fourth-order valence-corrected chi connectivity index (χ4v) is 3.71. The Morgan fingerprint density at radius 1 is 1.12 bits per heavy atom. The van der Waals surface area contributed by atoms with Gasteiger partial charge in [0.1, 0.15) is 5.75 Å². The zero-order valence-corrected chi connectivity index (χ0v) is 17.9. The molecule has 1 unspecified atom stereocenters. The van der Waals surface area contributed by atoms with Crippen LogP contribution in [0, 0.1) is 5.92 Å². The highest BCUT2D eigenvalue weighted by molar-refractivity contribution is 5.89. The number of carboxylic acid groups (broad SMARTS) is 1. The second kappa shape index (κ2) is 9.51. The standard InChI is InChI=1S/C25H26N4O3/c1-17(11-14-29-22-8-4-3-7-20(22)28-25(29)26)12-15-32-23-9-5-2-6-19(23)21-16-18(24(30)31)10-13-27-21/h2-10,13,16-17H,11-12,14-15H2,1H3,(H2,26,28)(H,30,31). The van der Waals surface area contributed by atoms with E-state index in [0.29, 0.717) is 29.9 Å². The summed E-state index contributed by atoms with van der Waals surface area (Å²) in [7, 11) is 0. The maximum absolute atomic E-state index is 11.3. The number of aromatic nitrogens is 3. The molecular formula is C25H26N4O3. The Balaban J connectivity index is 1.36. The van der Waals surface area contributed by atoms with Crippen molar-refractivity contribution >= 4 is 23.0 Å². The van der Waals surface area contributed by atoms with Gasteiger partial charge < -0.3 is 20.1 Å². The second-order valence-electron chi connectivity index (χ2n) is 7.87. The SMILES string of the molecule is CC(CCOc1ccccc1-c1cc(C(=O)O)ccn1)CCn1c(N)nc2ccccc21. The summed E-state index contributed by atoms with van der Waals surface area (Å²) < 4.78 is 8.12. The van der Waals surface area contributed by atoms with E-state index in [-0.39, 0.29) is 5.56 Å². The number of nitrogens with zero attached hydrogens (tertiary/aromatic N) is 3. The van der Waals surface area contributed by atoms with E-state index >= 15 is 0 Å². The number of anilines is 1. The Kier molecular flexibility index (Phi) is 6.35. The number of rotatable bonds is 9. The monoisotopic (exact) mass is 430 g/mol. The molecule has 0 bridgehead atoms. The van der Waals surface area contributed by atoms with Gasteiger partial charge in [-0.2, -0.15) is 0 Å². The van der Waals surface area contributed by atoms with Crippen LogP contribution in [0.1, 0.15) is 30.1 Å². The quantitative estimate of drug-likeness (QED) is 0.392. The lowest BCUT2D eigenvalue weighted by Gasteiger charge is -2.15. The third-order valence-corrected chi connectivity index (χ3v) is 5.57. The Bertz CT molecular complexity index is 1230. The molecule has 0 saturated heterocycles. The van der Waals surface area contributed by atoms with Gasteiger partial charge in [-0.25, -0.2) is 9.78 Å². The number of aryl methyl sites for hydroxylation is 1. The largest absolute Gasteiger partial charge is 0.493 e. The lowest BCUT2D eigenvalue weighted by atomic mass is 10.0. The highest BCUT2D eigenvalue weighted by atomic mass is 16.5. The van der Waals surface area contributed by atoms with Crippen molar-refractivity contribution in [3.63, 3.8) is 0 Å². The number of hydrogen-bond donors (Lipinski definition) is 2. The van der Waals surface area contributed by atoms with Crippen molar-refractivity contribution in [3.05, 3.63) is 72.4 Å². The summed E-state index contributed by atoms with van der Waals surface area (Å²) in [6.45, 7) is 3.55. The summed E-state index contributed by atoms with van der Waals surface area (Å²) in [4.78, 5) is 20.0. The van der Waals surface area contributed by atoms with Crippen molar-refractivity contribution in [2.45, 2.75) is 26.3 Å². The van der Waals surface area contributed by atoms with Gasteiger partial charge in [0.25, 0.3) is 0 Å².